The van der Waals surface area contributed by atoms with E-state index in [1.54, 1.807) is 13.3 Å². The molecule has 1 atom stereocenters. The van der Waals surface area contributed by atoms with E-state index in [9.17, 15) is 0 Å². The Morgan fingerprint density at radius 2 is 2.41 bits per heavy atom. The van der Waals surface area contributed by atoms with Gasteiger partial charge in [-0.25, -0.2) is 4.98 Å². The molecule has 0 radical (unpaired) electrons. The summed E-state index contributed by atoms with van der Waals surface area (Å²) in [7, 11) is 1.70. The normalized spacial score (nSPS) is 12.1. The molecule has 1 aromatic rings. The number of methoxy groups -OCH3 is 1. The van der Waals surface area contributed by atoms with Crippen LogP contribution >= 0.6 is 0 Å². The average Bonchev–Trinajstić information content (AvgIpc) is 2.37. The summed E-state index contributed by atoms with van der Waals surface area (Å²) >= 11 is 0. The molecular formula is C13H19N3O. The van der Waals surface area contributed by atoms with Crippen LogP contribution in [0.2, 0.25) is 0 Å². The van der Waals surface area contributed by atoms with E-state index in [0.29, 0.717) is 24.9 Å². The van der Waals surface area contributed by atoms with Crippen molar-refractivity contribution in [2.75, 3.05) is 13.7 Å². The number of ether oxygens (including phenoxy) is 1. The monoisotopic (exact) mass is 233 g/mol. The van der Waals surface area contributed by atoms with Crippen LogP contribution in [0.15, 0.2) is 18.3 Å². The van der Waals surface area contributed by atoms with Gasteiger partial charge in [-0.2, -0.15) is 5.26 Å². The number of rotatable bonds is 7. The molecule has 0 aliphatic rings. The number of nitrogens with zero attached hydrogens (tertiary/aromatic N) is 2. The molecule has 1 heterocycles. The van der Waals surface area contributed by atoms with Crippen LogP contribution in [0.3, 0.4) is 0 Å². The van der Waals surface area contributed by atoms with E-state index in [1.807, 2.05) is 12.1 Å². The summed E-state index contributed by atoms with van der Waals surface area (Å²) in [5.41, 5.74) is 1.43. The number of pyridine rings is 1. The highest BCUT2D eigenvalue weighted by Gasteiger charge is 2.08. The van der Waals surface area contributed by atoms with E-state index in [4.69, 9.17) is 10.00 Å². The Bertz CT molecular complexity index is 367. The van der Waals surface area contributed by atoms with Gasteiger partial charge < -0.3 is 10.1 Å². The lowest BCUT2D eigenvalue weighted by Gasteiger charge is -2.17. The molecule has 0 aliphatic heterocycles. The second kappa shape index (κ2) is 7.77. The first kappa shape index (κ1) is 13.6. The zero-order chi connectivity index (χ0) is 12.5. The number of hydrogen-bond donors (Lipinski definition) is 1. The minimum Gasteiger partial charge on any atom is -0.383 e. The van der Waals surface area contributed by atoms with Crippen molar-refractivity contribution < 1.29 is 4.74 Å². The van der Waals surface area contributed by atoms with Crippen LogP contribution in [0.4, 0.5) is 0 Å². The van der Waals surface area contributed by atoms with Crippen LogP contribution in [0.5, 0.6) is 0 Å². The first-order chi connectivity index (χ1) is 8.31. The molecule has 0 saturated carbocycles. The molecule has 1 aromatic heterocycles. The summed E-state index contributed by atoms with van der Waals surface area (Å²) in [6.45, 7) is 3.50. The first-order valence-corrected chi connectivity index (χ1v) is 5.88. The summed E-state index contributed by atoms with van der Waals surface area (Å²) in [6.07, 6.45) is 3.82. The van der Waals surface area contributed by atoms with E-state index in [2.05, 4.69) is 23.3 Å². The zero-order valence-corrected chi connectivity index (χ0v) is 10.4. The molecule has 0 aliphatic carbocycles. The predicted octanol–water partition coefficient (Wildman–Crippen LogP) is 1.86. The van der Waals surface area contributed by atoms with Gasteiger partial charge in [-0.15, -0.1) is 0 Å². The van der Waals surface area contributed by atoms with Crippen molar-refractivity contribution in [3.05, 3.63) is 29.6 Å². The molecule has 0 spiro atoms. The van der Waals surface area contributed by atoms with Crippen molar-refractivity contribution in [2.45, 2.75) is 32.4 Å². The highest BCUT2D eigenvalue weighted by molar-refractivity contribution is 5.30. The van der Waals surface area contributed by atoms with E-state index in [0.717, 1.165) is 18.4 Å². The molecule has 0 fully saturated rings. The summed E-state index contributed by atoms with van der Waals surface area (Å²) in [4.78, 5) is 4.03. The van der Waals surface area contributed by atoms with Gasteiger partial charge in [-0.3, -0.25) is 0 Å². The van der Waals surface area contributed by atoms with Crippen LogP contribution in [-0.2, 0) is 11.3 Å². The van der Waals surface area contributed by atoms with Crippen LogP contribution in [0, 0.1) is 11.3 Å². The number of aromatic nitrogens is 1. The predicted molar refractivity (Wildman–Crippen MR) is 66.4 cm³/mol. The lowest BCUT2D eigenvalue weighted by molar-refractivity contribution is 0.161. The molecule has 1 unspecified atom stereocenters. The van der Waals surface area contributed by atoms with Crippen molar-refractivity contribution in [1.29, 1.82) is 5.26 Å². The number of nitrogens with one attached hydrogen (secondary N) is 1. The molecule has 17 heavy (non-hydrogen) atoms. The molecule has 0 amide bonds. The Morgan fingerprint density at radius 1 is 1.59 bits per heavy atom. The Hall–Kier alpha value is -1.44. The first-order valence-electron chi connectivity index (χ1n) is 5.88. The van der Waals surface area contributed by atoms with Gasteiger partial charge in [0.15, 0.2) is 0 Å². The van der Waals surface area contributed by atoms with Crippen molar-refractivity contribution in [2.24, 2.45) is 0 Å². The van der Waals surface area contributed by atoms with Crippen molar-refractivity contribution >= 4 is 0 Å². The maximum atomic E-state index is 8.93. The van der Waals surface area contributed by atoms with Gasteiger partial charge >= 0.3 is 0 Å². The summed E-state index contributed by atoms with van der Waals surface area (Å²) in [5.74, 6) is 0. The minimum atomic E-state index is 0.330. The topological polar surface area (TPSA) is 57.9 Å². The van der Waals surface area contributed by atoms with Gasteiger partial charge in [-0.05, 0) is 12.5 Å². The minimum absolute atomic E-state index is 0.330. The van der Waals surface area contributed by atoms with Gasteiger partial charge in [0.1, 0.15) is 11.8 Å². The van der Waals surface area contributed by atoms with Gasteiger partial charge in [0.25, 0.3) is 0 Å². The maximum absolute atomic E-state index is 8.93. The summed E-state index contributed by atoms with van der Waals surface area (Å²) < 4.78 is 5.16. The Kier molecular flexibility index (Phi) is 6.23. The van der Waals surface area contributed by atoms with E-state index >= 15 is 0 Å². The summed E-state index contributed by atoms with van der Waals surface area (Å²) in [6, 6.07) is 6.21. The zero-order valence-electron chi connectivity index (χ0n) is 10.4. The molecule has 1 rings (SSSR count). The quantitative estimate of drug-likeness (QED) is 0.781. The Balaban J connectivity index is 2.56. The van der Waals surface area contributed by atoms with E-state index < -0.39 is 0 Å². The van der Waals surface area contributed by atoms with Gasteiger partial charge in [0, 0.05) is 31.5 Å². The van der Waals surface area contributed by atoms with Crippen LogP contribution in [-0.4, -0.2) is 24.7 Å². The molecule has 0 saturated heterocycles. The average molecular weight is 233 g/mol. The fourth-order valence-corrected chi connectivity index (χ4v) is 1.73. The molecular weight excluding hydrogens is 214 g/mol. The number of nitriles is 1. The lowest BCUT2D eigenvalue weighted by atomic mass is 10.1. The third-order valence-electron chi connectivity index (χ3n) is 2.58. The van der Waals surface area contributed by atoms with Gasteiger partial charge in [0.05, 0.1) is 6.61 Å². The molecule has 1 N–H and O–H groups in total. The largest absolute Gasteiger partial charge is 0.383 e. The van der Waals surface area contributed by atoms with Crippen molar-refractivity contribution in [3.8, 4) is 6.07 Å². The van der Waals surface area contributed by atoms with E-state index in [1.165, 1.54) is 0 Å². The maximum Gasteiger partial charge on any atom is 0.144 e. The Labute approximate surface area is 103 Å². The second-order valence-corrected chi connectivity index (χ2v) is 3.94. The van der Waals surface area contributed by atoms with Crippen LogP contribution in [0.1, 0.15) is 31.0 Å². The molecule has 92 valence electrons. The smallest absolute Gasteiger partial charge is 0.144 e. The molecule has 0 bridgehead atoms. The Morgan fingerprint density at radius 3 is 3.06 bits per heavy atom. The van der Waals surface area contributed by atoms with E-state index in [-0.39, 0.29) is 0 Å². The fourth-order valence-electron chi connectivity index (χ4n) is 1.73. The standard InChI is InChI=1S/C13H19N3O/c1-3-5-12(10-17-2)16-9-11-6-4-7-15-13(11)8-14/h4,6-7,12,16H,3,5,9-10H2,1-2H3. The lowest BCUT2D eigenvalue weighted by Crippen LogP contribution is -2.32. The fraction of sp³-hybridized carbons (Fsp3) is 0.538. The van der Waals surface area contributed by atoms with Crippen molar-refractivity contribution in [3.63, 3.8) is 0 Å². The highest BCUT2D eigenvalue weighted by Crippen LogP contribution is 2.05. The SMILES string of the molecule is CCCC(COC)NCc1cccnc1C#N. The van der Waals surface area contributed by atoms with Crippen molar-refractivity contribution in [1.82, 2.24) is 10.3 Å². The second-order valence-electron chi connectivity index (χ2n) is 3.94. The summed E-state index contributed by atoms with van der Waals surface area (Å²) in [5, 5.41) is 12.3. The highest BCUT2D eigenvalue weighted by atomic mass is 16.5. The van der Waals surface area contributed by atoms with Crippen LogP contribution < -0.4 is 5.32 Å². The van der Waals surface area contributed by atoms with Crippen LogP contribution in [0.25, 0.3) is 0 Å². The third kappa shape index (κ3) is 4.51. The molecule has 0 aromatic carbocycles. The van der Waals surface area contributed by atoms with Gasteiger partial charge in [-0.1, -0.05) is 19.4 Å². The number of hydrogen-bond acceptors (Lipinski definition) is 4. The molecule has 4 nitrogen and oxygen atoms in total. The third-order valence-corrected chi connectivity index (χ3v) is 2.58. The van der Waals surface area contributed by atoms with Gasteiger partial charge in [0.2, 0.25) is 0 Å². The molecule has 4 heteroatoms.